The van der Waals surface area contributed by atoms with Crippen LogP contribution in [0.4, 0.5) is 0 Å². The average molecular weight is 497 g/mol. The lowest BCUT2D eigenvalue weighted by Crippen LogP contribution is -2.30. The molecule has 0 spiro atoms. The second-order valence-corrected chi connectivity index (χ2v) is 9.15. The van der Waals surface area contributed by atoms with Crippen molar-refractivity contribution in [3.63, 3.8) is 0 Å². The third-order valence-electron chi connectivity index (χ3n) is 6.58. The molecule has 0 radical (unpaired) electrons. The molecule has 0 fully saturated rings. The summed E-state index contributed by atoms with van der Waals surface area (Å²) in [6.07, 6.45) is 8.67. The Morgan fingerprint density at radius 1 is 0.632 bits per heavy atom. The minimum atomic E-state index is -0.619. The van der Waals surface area contributed by atoms with E-state index in [1.54, 1.807) is 25.2 Å². The molecule has 1 aliphatic rings. The Hall–Kier alpha value is -4.88. The van der Waals surface area contributed by atoms with Gasteiger partial charge in [0, 0.05) is 0 Å². The van der Waals surface area contributed by atoms with Crippen molar-refractivity contribution in [1.82, 2.24) is 0 Å². The van der Waals surface area contributed by atoms with Crippen molar-refractivity contribution in [3.8, 4) is 0 Å². The van der Waals surface area contributed by atoms with Gasteiger partial charge in [-0.15, -0.1) is 0 Å². The van der Waals surface area contributed by atoms with Crippen LogP contribution in [0.3, 0.4) is 0 Å². The van der Waals surface area contributed by atoms with Gasteiger partial charge in [-0.2, -0.15) is 9.98 Å². The van der Waals surface area contributed by atoms with Crippen molar-refractivity contribution in [2.75, 3.05) is 0 Å². The van der Waals surface area contributed by atoms with Gasteiger partial charge in [0.05, 0.1) is 16.7 Å². The van der Waals surface area contributed by atoms with Crippen LogP contribution in [0.25, 0.3) is 0 Å². The van der Waals surface area contributed by atoms with E-state index in [1.165, 1.54) is 34.4 Å². The lowest BCUT2D eigenvalue weighted by Gasteiger charge is -2.36. The fourth-order valence-electron chi connectivity index (χ4n) is 4.90. The van der Waals surface area contributed by atoms with Crippen LogP contribution >= 0.6 is 0 Å². The highest BCUT2D eigenvalue weighted by Crippen LogP contribution is 2.44. The standard InChI is InChI=1S/C25H20.C9H8N2O2/c1-5-13-21(14-6-1)25(22-15-7-2-8-16-22,23-17-9-3-10-18-23)24-19-11-4-12-20-24;1-9(11-7-13)4-2-3-8(5-9)10-6-12/h1-20H;2-3,5H,4H2,1H3. The van der Waals surface area contributed by atoms with Gasteiger partial charge in [-0.1, -0.05) is 127 Å². The predicted octanol–water partition coefficient (Wildman–Crippen LogP) is 7.33. The summed E-state index contributed by atoms with van der Waals surface area (Å²) in [6.45, 7) is 1.77. The summed E-state index contributed by atoms with van der Waals surface area (Å²) in [4.78, 5) is 27.1. The highest BCUT2D eigenvalue weighted by Gasteiger charge is 2.37. The molecule has 4 nitrogen and oxygen atoms in total. The highest BCUT2D eigenvalue weighted by molar-refractivity contribution is 5.59. The molecule has 4 aromatic carbocycles. The number of hydrogen-bond donors (Lipinski definition) is 0. The molecular weight excluding hydrogens is 468 g/mol. The van der Waals surface area contributed by atoms with E-state index in [0.717, 1.165) is 0 Å². The smallest absolute Gasteiger partial charge is 0.211 e. The summed E-state index contributed by atoms with van der Waals surface area (Å²) in [6, 6.07) is 43.1. The molecule has 1 unspecified atom stereocenters. The first kappa shape index (κ1) is 26.2. The van der Waals surface area contributed by atoms with Crippen LogP contribution in [0.5, 0.6) is 0 Å². The minimum absolute atomic E-state index is 0.328. The van der Waals surface area contributed by atoms with E-state index in [1.807, 2.05) is 0 Å². The zero-order valence-corrected chi connectivity index (χ0v) is 21.2. The molecule has 0 heterocycles. The molecule has 0 N–H and O–H groups in total. The van der Waals surface area contributed by atoms with Crippen molar-refractivity contribution < 1.29 is 9.59 Å². The summed E-state index contributed by atoms with van der Waals surface area (Å²) in [5.74, 6) is 0. The third-order valence-corrected chi connectivity index (χ3v) is 6.58. The molecule has 0 saturated carbocycles. The monoisotopic (exact) mass is 496 g/mol. The van der Waals surface area contributed by atoms with E-state index in [4.69, 9.17) is 0 Å². The maximum absolute atomic E-state index is 10.1. The zero-order chi connectivity index (χ0) is 26.7. The molecule has 38 heavy (non-hydrogen) atoms. The van der Waals surface area contributed by atoms with Gasteiger partial charge in [0.15, 0.2) is 0 Å². The van der Waals surface area contributed by atoms with Crippen molar-refractivity contribution >= 4 is 12.2 Å². The SMILES string of the molecule is CC1(N=C=O)C=C(N=C=O)C=CC1.c1ccc(C(c2ccccc2)(c2ccccc2)c2ccccc2)cc1. The van der Waals surface area contributed by atoms with Crippen LogP contribution in [0.1, 0.15) is 35.6 Å². The molecule has 1 atom stereocenters. The number of isocyanates is 2. The van der Waals surface area contributed by atoms with E-state index in [2.05, 4.69) is 131 Å². The van der Waals surface area contributed by atoms with Crippen molar-refractivity contribution in [3.05, 3.63) is 168 Å². The third kappa shape index (κ3) is 5.74. The Kier molecular flexibility index (Phi) is 8.53. The number of carbonyl (C=O) groups excluding carboxylic acids is 2. The van der Waals surface area contributed by atoms with Gasteiger partial charge in [-0.25, -0.2) is 9.59 Å². The molecule has 4 aromatic rings. The van der Waals surface area contributed by atoms with Gasteiger partial charge >= 0.3 is 0 Å². The summed E-state index contributed by atoms with van der Waals surface area (Å²) in [5, 5.41) is 0. The summed E-state index contributed by atoms with van der Waals surface area (Å²) in [5.41, 5.74) is 4.63. The molecule has 0 amide bonds. The van der Waals surface area contributed by atoms with Gasteiger partial charge in [-0.05, 0) is 47.8 Å². The zero-order valence-electron chi connectivity index (χ0n) is 21.2. The van der Waals surface area contributed by atoms with Crippen LogP contribution in [-0.2, 0) is 15.0 Å². The first-order chi connectivity index (χ1) is 18.6. The lowest BCUT2D eigenvalue weighted by atomic mass is 9.65. The predicted molar refractivity (Wildman–Crippen MR) is 151 cm³/mol. The van der Waals surface area contributed by atoms with Gasteiger partial charge < -0.3 is 0 Å². The molecule has 4 heteroatoms. The average Bonchev–Trinajstić information content (AvgIpc) is 2.96. The van der Waals surface area contributed by atoms with E-state index in [-0.39, 0.29) is 5.41 Å². The van der Waals surface area contributed by atoms with Crippen LogP contribution in [-0.4, -0.2) is 17.7 Å². The fourth-order valence-corrected chi connectivity index (χ4v) is 4.90. The maximum Gasteiger partial charge on any atom is 0.240 e. The molecule has 0 aliphatic heterocycles. The topological polar surface area (TPSA) is 58.9 Å². The van der Waals surface area contributed by atoms with Crippen molar-refractivity contribution in [2.24, 2.45) is 9.98 Å². The Balaban J connectivity index is 0.000000219. The van der Waals surface area contributed by atoms with Gasteiger partial charge in [0.1, 0.15) is 0 Å². The Bertz CT molecular complexity index is 1320. The largest absolute Gasteiger partial charge is 0.240 e. The van der Waals surface area contributed by atoms with Gasteiger partial charge in [-0.3, -0.25) is 0 Å². The van der Waals surface area contributed by atoms with Crippen molar-refractivity contribution in [2.45, 2.75) is 24.3 Å². The Labute approximate surface area is 223 Å². The first-order valence-corrected chi connectivity index (χ1v) is 12.4. The number of aliphatic imine (C=N–C) groups is 2. The van der Waals surface area contributed by atoms with Gasteiger partial charge in [0.25, 0.3) is 0 Å². The summed E-state index contributed by atoms with van der Waals surface area (Å²) in [7, 11) is 0. The molecule has 186 valence electrons. The summed E-state index contributed by atoms with van der Waals surface area (Å²) < 4.78 is 0. The van der Waals surface area contributed by atoms with Crippen LogP contribution < -0.4 is 0 Å². The number of nitrogens with zero attached hydrogens (tertiary/aromatic N) is 2. The number of hydrogen-bond acceptors (Lipinski definition) is 4. The van der Waals surface area contributed by atoms with E-state index in [0.29, 0.717) is 12.1 Å². The quantitative estimate of drug-likeness (QED) is 0.159. The molecule has 0 saturated heterocycles. The molecule has 5 rings (SSSR count). The molecule has 0 aromatic heterocycles. The highest BCUT2D eigenvalue weighted by atomic mass is 16.1. The Morgan fingerprint density at radius 2 is 1.03 bits per heavy atom. The van der Waals surface area contributed by atoms with E-state index < -0.39 is 5.54 Å². The molecular formula is C34H28N2O2. The molecule has 1 aliphatic carbocycles. The maximum atomic E-state index is 10.1. The Morgan fingerprint density at radius 3 is 1.37 bits per heavy atom. The number of benzene rings is 4. The van der Waals surface area contributed by atoms with Crippen LogP contribution in [0.15, 0.2) is 155 Å². The lowest BCUT2D eigenvalue weighted by molar-refractivity contribution is 0.537. The number of rotatable bonds is 6. The minimum Gasteiger partial charge on any atom is -0.211 e. The second kappa shape index (κ2) is 12.4. The summed E-state index contributed by atoms with van der Waals surface area (Å²) >= 11 is 0. The van der Waals surface area contributed by atoms with Crippen LogP contribution in [0.2, 0.25) is 0 Å². The second-order valence-electron chi connectivity index (χ2n) is 9.15. The first-order valence-electron chi connectivity index (χ1n) is 12.4. The van der Waals surface area contributed by atoms with Crippen molar-refractivity contribution in [1.29, 1.82) is 0 Å². The fraction of sp³-hybridized carbons (Fsp3) is 0.118. The van der Waals surface area contributed by atoms with Gasteiger partial charge in [0.2, 0.25) is 12.2 Å². The number of allylic oxidation sites excluding steroid dienone is 1. The normalized spacial score (nSPS) is 16.1. The van der Waals surface area contributed by atoms with E-state index >= 15 is 0 Å². The van der Waals surface area contributed by atoms with E-state index in [9.17, 15) is 9.59 Å². The molecule has 0 bridgehead atoms. The van der Waals surface area contributed by atoms with Crippen LogP contribution in [0, 0.1) is 0 Å².